The van der Waals surface area contributed by atoms with E-state index in [-0.39, 0.29) is 11.6 Å². The lowest BCUT2D eigenvalue weighted by molar-refractivity contribution is 0.267. The highest BCUT2D eigenvalue weighted by molar-refractivity contribution is 7.40. The van der Waals surface area contributed by atoms with Gasteiger partial charge in [-0.3, -0.25) is 4.79 Å². The molecule has 2 nitrogen and oxygen atoms in total. The molecule has 0 N–H and O–H groups in total. The second kappa shape index (κ2) is 5.75. The van der Waals surface area contributed by atoms with Crippen LogP contribution in [-0.4, -0.2) is 11.4 Å². The van der Waals surface area contributed by atoms with Crippen LogP contribution in [0.4, 0.5) is 4.79 Å². The molecule has 0 radical (unpaired) electrons. The number of carbonyl (C=O) groups is 1. The summed E-state index contributed by atoms with van der Waals surface area (Å²) in [5.74, 6) is 0.0110. The average Bonchev–Trinajstić information content (AvgIpc) is 2.63. The first-order chi connectivity index (χ1) is 10.2. The van der Waals surface area contributed by atoms with Gasteiger partial charge >= 0.3 is 0 Å². The number of fused-ring (bicyclic) bond motifs is 2. The summed E-state index contributed by atoms with van der Waals surface area (Å²) < 4.78 is 0. The third kappa shape index (κ3) is 2.72. The zero-order chi connectivity index (χ0) is 14.8. The van der Waals surface area contributed by atoms with Crippen LogP contribution in [0.1, 0.15) is 35.1 Å². The van der Waals surface area contributed by atoms with Crippen molar-refractivity contribution in [2.24, 2.45) is 4.99 Å². The van der Waals surface area contributed by atoms with Crippen molar-refractivity contribution in [1.29, 1.82) is 0 Å². The molecule has 1 aliphatic carbocycles. The van der Waals surface area contributed by atoms with Gasteiger partial charge in [0, 0.05) is 11.6 Å². The number of nitrogens with zero attached hydrogens (tertiary/aromatic N) is 1. The molecule has 0 saturated heterocycles. The molecule has 2 aromatic rings. The summed E-state index contributed by atoms with van der Waals surface area (Å²) in [6, 6.07) is 16.5. The van der Waals surface area contributed by atoms with E-state index in [2.05, 4.69) is 50.6 Å². The third-order valence-electron chi connectivity index (χ3n) is 3.76. The number of hydrogen-bond acceptors (Lipinski definition) is 1. The van der Waals surface area contributed by atoms with Crippen molar-refractivity contribution in [3.8, 4) is 0 Å². The van der Waals surface area contributed by atoms with Gasteiger partial charge in [0.1, 0.15) is 0 Å². The Labute approximate surface area is 126 Å². The molecule has 1 amide bonds. The van der Waals surface area contributed by atoms with E-state index in [9.17, 15) is 4.79 Å². The lowest BCUT2D eigenvalue weighted by Crippen LogP contribution is -2.13. The molecule has 0 aliphatic heterocycles. The molecule has 1 atom stereocenters. The summed E-state index contributed by atoms with van der Waals surface area (Å²) in [4.78, 5) is 15.5. The fourth-order valence-corrected chi connectivity index (χ4v) is 3.09. The highest BCUT2D eigenvalue weighted by Crippen LogP contribution is 2.35. The third-order valence-corrected chi connectivity index (χ3v) is 3.89. The van der Waals surface area contributed by atoms with Gasteiger partial charge in [-0.2, -0.15) is 0 Å². The molecule has 0 bridgehead atoms. The Kier molecular flexibility index (Phi) is 3.81. The van der Waals surface area contributed by atoms with E-state index in [1.165, 1.54) is 22.3 Å². The van der Waals surface area contributed by atoms with E-state index in [0.717, 1.165) is 5.71 Å². The van der Waals surface area contributed by atoms with Crippen LogP contribution < -0.4 is 0 Å². The van der Waals surface area contributed by atoms with Crippen molar-refractivity contribution in [3.05, 3.63) is 70.8 Å². The maximum absolute atomic E-state index is 11.4. The van der Waals surface area contributed by atoms with Crippen LogP contribution in [0.15, 0.2) is 53.5 Å². The Morgan fingerprint density at radius 2 is 1.43 bits per heavy atom. The SMILES string of the molecule is CC(=NC(=O)P)C1c2ccccc2C=Cc2ccccc21. The van der Waals surface area contributed by atoms with Crippen molar-refractivity contribution in [2.75, 3.05) is 0 Å². The zero-order valence-corrected chi connectivity index (χ0v) is 12.9. The fourth-order valence-electron chi connectivity index (χ4n) is 2.89. The van der Waals surface area contributed by atoms with E-state index < -0.39 is 0 Å². The summed E-state index contributed by atoms with van der Waals surface area (Å²) in [6.45, 7) is 1.92. The van der Waals surface area contributed by atoms with Crippen LogP contribution in [0.25, 0.3) is 12.2 Å². The van der Waals surface area contributed by atoms with Crippen LogP contribution in [0.5, 0.6) is 0 Å². The normalized spacial score (nSPS) is 14.3. The minimum absolute atomic E-state index is 0.0110. The number of carbonyl (C=O) groups excluding carboxylic acids is 1. The van der Waals surface area contributed by atoms with Gasteiger partial charge in [-0.05, 0) is 38.4 Å². The van der Waals surface area contributed by atoms with E-state index in [0.29, 0.717) is 0 Å². The topological polar surface area (TPSA) is 29.4 Å². The van der Waals surface area contributed by atoms with Crippen LogP contribution in [0.2, 0.25) is 0 Å². The molecular weight excluding hydrogens is 277 g/mol. The van der Waals surface area contributed by atoms with Gasteiger partial charge in [0.05, 0.1) is 0 Å². The lowest BCUT2D eigenvalue weighted by atomic mass is 9.84. The highest BCUT2D eigenvalue weighted by atomic mass is 31.0. The molecule has 2 aromatic carbocycles. The summed E-state index contributed by atoms with van der Waals surface area (Å²) >= 11 is 0. The van der Waals surface area contributed by atoms with Gasteiger partial charge in [0.15, 0.2) is 0 Å². The Morgan fingerprint density at radius 1 is 0.952 bits per heavy atom. The van der Waals surface area contributed by atoms with Crippen molar-refractivity contribution in [3.63, 3.8) is 0 Å². The number of rotatable bonds is 1. The summed E-state index contributed by atoms with van der Waals surface area (Å²) in [6.07, 6.45) is 4.26. The number of hydrogen-bond donors (Lipinski definition) is 0. The Hall–Kier alpha value is -2.05. The Morgan fingerprint density at radius 3 is 1.90 bits per heavy atom. The first-order valence-electron chi connectivity index (χ1n) is 6.87. The molecule has 0 fully saturated rings. The minimum atomic E-state index is -0.236. The van der Waals surface area contributed by atoms with Crippen molar-refractivity contribution in [2.45, 2.75) is 12.8 Å². The van der Waals surface area contributed by atoms with Crippen LogP contribution >= 0.6 is 9.24 Å². The van der Waals surface area contributed by atoms with E-state index in [1.54, 1.807) is 0 Å². The Balaban J connectivity index is 2.26. The predicted molar refractivity (Wildman–Crippen MR) is 91.9 cm³/mol. The molecule has 3 heteroatoms. The summed E-state index contributed by atoms with van der Waals surface area (Å²) in [7, 11) is 2.12. The standard InChI is InChI=1S/C18H16NOP/c1-12(19-18(20)21)17-15-8-4-2-6-13(15)10-11-14-7-3-5-9-16(14)17/h2-11,17H,21H2,1H3. The molecule has 1 unspecified atom stereocenters. The molecule has 21 heavy (non-hydrogen) atoms. The molecule has 0 saturated carbocycles. The van der Waals surface area contributed by atoms with Gasteiger partial charge in [-0.25, -0.2) is 4.99 Å². The highest BCUT2D eigenvalue weighted by Gasteiger charge is 2.23. The van der Waals surface area contributed by atoms with Gasteiger partial charge in [-0.15, -0.1) is 0 Å². The van der Waals surface area contributed by atoms with Crippen LogP contribution in [0, 0.1) is 0 Å². The quantitative estimate of drug-likeness (QED) is 0.550. The maximum atomic E-state index is 11.4. The second-order valence-corrected chi connectivity index (χ2v) is 5.61. The molecule has 104 valence electrons. The number of amides is 1. The molecule has 1 aliphatic rings. The first kappa shape index (κ1) is 13.9. The molecule has 0 heterocycles. The molecular formula is C18H16NOP. The Bertz CT molecular complexity index is 712. The molecule has 0 aromatic heterocycles. The minimum Gasteiger partial charge on any atom is -0.268 e. The number of aliphatic imine (C=N–C) groups is 1. The second-order valence-electron chi connectivity index (χ2n) is 5.12. The van der Waals surface area contributed by atoms with Gasteiger partial charge in [0.25, 0.3) is 5.65 Å². The van der Waals surface area contributed by atoms with Gasteiger partial charge in [-0.1, -0.05) is 60.7 Å². The molecule has 3 rings (SSSR count). The first-order valence-corrected chi connectivity index (χ1v) is 7.45. The van der Waals surface area contributed by atoms with Crippen molar-refractivity contribution < 1.29 is 4.79 Å². The molecule has 0 spiro atoms. The van der Waals surface area contributed by atoms with E-state index in [4.69, 9.17) is 0 Å². The van der Waals surface area contributed by atoms with Crippen molar-refractivity contribution in [1.82, 2.24) is 0 Å². The average molecular weight is 293 g/mol. The smallest absolute Gasteiger partial charge is 0.260 e. The van der Waals surface area contributed by atoms with Crippen molar-refractivity contribution >= 4 is 32.8 Å². The predicted octanol–water partition coefficient (Wildman–Crippen LogP) is 4.76. The van der Waals surface area contributed by atoms with Crippen LogP contribution in [0.3, 0.4) is 0 Å². The van der Waals surface area contributed by atoms with E-state index in [1.807, 2.05) is 31.2 Å². The largest absolute Gasteiger partial charge is 0.268 e. The fraction of sp³-hybridized carbons (Fsp3) is 0.111. The summed E-state index contributed by atoms with van der Waals surface area (Å²) in [5.41, 5.74) is 5.30. The van der Waals surface area contributed by atoms with Gasteiger partial charge < -0.3 is 0 Å². The van der Waals surface area contributed by atoms with Gasteiger partial charge in [0.2, 0.25) is 0 Å². The van der Waals surface area contributed by atoms with E-state index >= 15 is 0 Å². The summed E-state index contributed by atoms with van der Waals surface area (Å²) in [5, 5.41) is 0. The lowest BCUT2D eigenvalue weighted by Gasteiger charge is -2.20. The maximum Gasteiger partial charge on any atom is 0.260 e. The number of benzene rings is 2. The zero-order valence-electron chi connectivity index (χ0n) is 11.8. The van der Waals surface area contributed by atoms with Crippen LogP contribution in [-0.2, 0) is 0 Å². The monoisotopic (exact) mass is 293 g/mol.